The minimum absolute atomic E-state index is 0.156. The van der Waals surface area contributed by atoms with Gasteiger partial charge in [-0.15, -0.1) is 0 Å². The molecule has 0 radical (unpaired) electrons. The Bertz CT molecular complexity index is 724. The molecular formula is C23H31N3O2. The molecule has 5 nitrogen and oxygen atoms in total. The van der Waals surface area contributed by atoms with Crippen molar-refractivity contribution >= 4 is 5.91 Å². The van der Waals surface area contributed by atoms with Gasteiger partial charge in [-0.05, 0) is 62.5 Å². The molecule has 0 spiro atoms. The number of nitrogens with one attached hydrogen (secondary N) is 1. The van der Waals surface area contributed by atoms with Crippen molar-refractivity contribution in [2.24, 2.45) is 5.92 Å². The highest BCUT2D eigenvalue weighted by molar-refractivity contribution is 5.78. The van der Waals surface area contributed by atoms with Crippen molar-refractivity contribution in [2.45, 2.75) is 31.7 Å². The summed E-state index contributed by atoms with van der Waals surface area (Å²) in [4.78, 5) is 17.4. The highest BCUT2D eigenvalue weighted by Gasteiger charge is 2.26. The summed E-state index contributed by atoms with van der Waals surface area (Å²) in [6, 6.07) is 14.7. The molecule has 0 bridgehead atoms. The van der Waals surface area contributed by atoms with Crippen LogP contribution in [0.25, 0.3) is 0 Å². The number of nitrogens with zero attached hydrogens (tertiary/aromatic N) is 2. The maximum Gasteiger partial charge on any atom is 0.223 e. The van der Waals surface area contributed by atoms with Crippen LogP contribution >= 0.6 is 0 Å². The van der Waals surface area contributed by atoms with Crippen molar-refractivity contribution in [3.05, 3.63) is 60.1 Å². The van der Waals surface area contributed by atoms with Crippen LogP contribution in [0.1, 0.15) is 36.5 Å². The summed E-state index contributed by atoms with van der Waals surface area (Å²) in [6.07, 6.45) is 4.81. The zero-order valence-electron chi connectivity index (χ0n) is 16.6. The van der Waals surface area contributed by atoms with Crippen LogP contribution in [0.15, 0.2) is 53.1 Å². The fraction of sp³-hybridized carbons (Fsp3) is 0.522. The van der Waals surface area contributed by atoms with E-state index in [0.717, 1.165) is 64.4 Å². The molecule has 28 heavy (non-hydrogen) atoms. The first-order chi connectivity index (χ1) is 13.8. The molecule has 1 atom stereocenters. The van der Waals surface area contributed by atoms with Crippen LogP contribution < -0.4 is 5.32 Å². The topological polar surface area (TPSA) is 48.7 Å². The fourth-order valence-electron chi connectivity index (χ4n) is 4.49. The number of hydrogen-bond donors (Lipinski definition) is 1. The van der Waals surface area contributed by atoms with E-state index in [1.54, 1.807) is 6.26 Å². The monoisotopic (exact) mass is 381 g/mol. The summed E-state index contributed by atoms with van der Waals surface area (Å²) in [5, 5.41) is 3.18. The van der Waals surface area contributed by atoms with Gasteiger partial charge in [0.15, 0.2) is 0 Å². The first-order valence-corrected chi connectivity index (χ1v) is 10.6. The fourth-order valence-corrected chi connectivity index (χ4v) is 4.49. The van der Waals surface area contributed by atoms with E-state index >= 15 is 0 Å². The molecule has 0 saturated carbocycles. The Kier molecular flexibility index (Phi) is 6.45. The summed E-state index contributed by atoms with van der Waals surface area (Å²) in [5.74, 6) is 2.03. The standard InChI is InChI=1S/C23H31N3O2/c27-23(20-8-12-25(13-9-20)18-22-7-4-16-28-22)24-11-15-26-14-10-21(17-26)19-5-2-1-3-6-19/h1-7,16,20-21H,8-15,17-18H2,(H,24,27)/t21-/m0/s1. The van der Waals surface area contributed by atoms with E-state index in [1.807, 2.05) is 12.1 Å². The average Bonchev–Trinajstić information content (AvgIpc) is 3.41. The highest BCUT2D eigenvalue weighted by atomic mass is 16.3. The second-order valence-electron chi connectivity index (χ2n) is 8.12. The average molecular weight is 382 g/mol. The highest BCUT2D eigenvalue weighted by Crippen LogP contribution is 2.26. The van der Waals surface area contributed by atoms with E-state index < -0.39 is 0 Å². The number of rotatable bonds is 7. The Morgan fingerprint density at radius 1 is 1.00 bits per heavy atom. The van der Waals surface area contributed by atoms with Gasteiger partial charge in [-0.1, -0.05) is 30.3 Å². The van der Waals surface area contributed by atoms with Gasteiger partial charge in [0.2, 0.25) is 5.91 Å². The van der Waals surface area contributed by atoms with Gasteiger partial charge in [-0.3, -0.25) is 9.69 Å². The maximum atomic E-state index is 12.5. The lowest BCUT2D eigenvalue weighted by molar-refractivity contribution is -0.126. The molecule has 2 saturated heterocycles. The SMILES string of the molecule is O=C(NCCN1CC[C@H](c2ccccc2)C1)C1CCN(Cc2ccco2)CC1. The third kappa shape index (κ3) is 5.03. The molecule has 1 amide bonds. The second-order valence-corrected chi connectivity index (χ2v) is 8.12. The Morgan fingerprint density at radius 3 is 2.54 bits per heavy atom. The van der Waals surface area contributed by atoms with Crippen molar-refractivity contribution in [2.75, 3.05) is 39.3 Å². The zero-order chi connectivity index (χ0) is 19.2. The number of benzene rings is 1. The van der Waals surface area contributed by atoms with E-state index in [1.165, 1.54) is 12.0 Å². The van der Waals surface area contributed by atoms with Gasteiger partial charge >= 0.3 is 0 Å². The second kappa shape index (κ2) is 9.39. The molecule has 3 heterocycles. The zero-order valence-corrected chi connectivity index (χ0v) is 16.6. The molecule has 0 unspecified atom stereocenters. The van der Waals surface area contributed by atoms with Crippen molar-refractivity contribution in [1.82, 2.24) is 15.1 Å². The number of amides is 1. The van der Waals surface area contributed by atoms with Crippen LogP contribution in [0, 0.1) is 5.92 Å². The van der Waals surface area contributed by atoms with E-state index in [4.69, 9.17) is 4.42 Å². The largest absolute Gasteiger partial charge is 0.468 e. The van der Waals surface area contributed by atoms with Gasteiger partial charge in [0.1, 0.15) is 5.76 Å². The van der Waals surface area contributed by atoms with Crippen molar-refractivity contribution in [3.8, 4) is 0 Å². The first-order valence-electron chi connectivity index (χ1n) is 10.6. The van der Waals surface area contributed by atoms with Gasteiger partial charge < -0.3 is 14.6 Å². The summed E-state index contributed by atoms with van der Waals surface area (Å²) in [5.41, 5.74) is 1.44. The van der Waals surface area contributed by atoms with Gasteiger partial charge in [-0.25, -0.2) is 0 Å². The third-order valence-electron chi connectivity index (χ3n) is 6.19. The number of carbonyl (C=O) groups is 1. The van der Waals surface area contributed by atoms with Gasteiger partial charge in [0.05, 0.1) is 12.8 Å². The lowest BCUT2D eigenvalue weighted by Gasteiger charge is -2.30. The van der Waals surface area contributed by atoms with Gasteiger partial charge in [0.25, 0.3) is 0 Å². The molecular weight excluding hydrogens is 350 g/mol. The van der Waals surface area contributed by atoms with Crippen LogP contribution in [0.4, 0.5) is 0 Å². The molecule has 150 valence electrons. The van der Waals surface area contributed by atoms with Crippen LogP contribution in [0.5, 0.6) is 0 Å². The predicted molar refractivity (Wildman–Crippen MR) is 110 cm³/mol. The molecule has 1 aromatic carbocycles. The molecule has 5 heteroatoms. The lowest BCUT2D eigenvalue weighted by atomic mass is 9.96. The predicted octanol–water partition coefficient (Wildman–Crippen LogP) is 3.10. The van der Waals surface area contributed by atoms with Crippen LogP contribution in [0.2, 0.25) is 0 Å². The Morgan fingerprint density at radius 2 is 1.79 bits per heavy atom. The van der Waals surface area contributed by atoms with E-state index in [2.05, 4.69) is 45.4 Å². The van der Waals surface area contributed by atoms with Crippen molar-refractivity contribution < 1.29 is 9.21 Å². The summed E-state index contributed by atoms with van der Waals surface area (Å²) in [6.45, 7) is 6.71. The molecule has 4 rings (SSSR count). The molecule has 2 aromatic rings. The van der Waals surface area contributed by atoms with Gasteiger partial charge in [-0.2, -0.15) is 0 Å². The number of hydrogen-bond acceptors (Lipinski definition) is 4. The third-order valence-corrected chi connectivity index (χ3v) is 6.19. The minimum atomic E-state index is 0.156. The molecule has 1 aromatic heterocycles. The smallest absolute Gasteiger partial charge is 0.223 e. The van der Waals surface area contributed by atoms with E-state index in [0.29, 0.717) is 5.92 Å². The Balaban J connectivity index is 1.13. The molecule has 2 aliphatic rings. The number of carbonyl (C=O) groups excluding carboxylic acids is 1. The first kappa shape index (κ1) is 19.2. The summed E-state index contributed by atoms with van der Waals surface area (Å²) >= 11 is 0. The molecule has 2 aliphatic heterocycles. The van der Waals surface area contributed by atoms with E-state index in [9.17, 15) is 4.79 Å². The maximum absolute atomic E-state index is 12.5. The van der Waals surface area contributed by atoms with Crippen molar-refractivity contribution in [3.63, 3.8) is 0 Å². The Labute approximate surface area is 167 Å². The molecule has 2 fully saturated rings. The quantitative estimate of drug-likeness (QED) is 0.801. The number of likely N-dealkylation sites (tertiary alicyclic amines) is 2. The van der Waals surface area contributed by atoms with Gasteiger partial charge in [0, 0.05) is 25.6 Å². The van der Waals surface area contributed by atoms with Crippen LogP contribution in [-0.4, -0.2) is 55.0 Å². The van der Waals surface area contributed by atoms with Crippen LogP contribution in [0.3, 0.4) is 0 Å². The summed E-state index contributed by atoms with van der Waals surface area (Å²) in [7, 11) is 0. The Hall–Kier alpha value is -2.11. The van der Waals surface area contributed by atoms with Crippen LogP contribution in [-0.2, 0) is 11.3 Å². The molecule has 1 N–H and O–H groups in total. The normalized spacial score (nSPS) is 21.8. The summed E-state index contributed by atoms with van der Waals surface area (Å²) < 4.78 is 5.42. The molecule has 0 aliphatic carbocycles. The number of piperidine rings is 1. The van der Waals surface area contributed by atoms with E-state index in [-0.39, 0.29) is 11.8 Å². The number of furan rings is 1. The minimum Gasteiger partial charge on any atom is -0.468 e. The lowest BCUT2D eigenvalue weighted by Crippen LogP contribution is -2.42. The van der Waals surface area contributed by atoms with Crippen molar-refractivity contribution in [1.29, 1.82) is 0 Å².